The van der Waals surface area contributed by atoms with Crippen molar-refractivity contribution in [1.29, 1.82) is 0 Å². The summed E-state index contributed by atoms with van der Waals surface area (Å²) in [4.78, 5) is 30.8. The lowest BCUT2D eigenvalue weighted by molar-refractivity contribution is -0.123. The van der Waals surface area contributed by atoms with Crippen molar-refractivity contribution in [2.45, 2.75) is 51.0 Å². The zero-order chi connectivity index (χ0) is 16.2. The Kier molecular flexibility index (Phi) is 6.80. The third kappa shape index (κ3) is 4.80. The van der Waals surface area contributed by atoms with Gasteiger partial charge < -0.3 is 15.4 Å². The van der Waals surface area contributed by atoms with E-state index in [2.05, 4.69) is 15.3 Å². The SMILES string of the molecule is Cl.O=C(c1cnc[nH]1)[C@H]1C[C@H]1C(=O)NCC(O)CC1CCCCC1. The second-order valence-corrected chi connectivity index (χ2v) is 6.92. The fraction of sp³-hybridized carbons (Fsp3) is 0.706. The number of hydrogen-bond donors (Lipinski definition) is 3. The molecule has 3 N–H and O–H groups in total. The number of carbonyl (C=O) groups is 2. The van der Waals surface area contributed by atoms with Crippen LogP contribution in [-0.2, 0) is 4.79 Å². The van der Waals surface area contributed by atoms with Crippen LogP contribution in [0.4, 0.5) is 0 Å². The van der Waals surface area contributed by atoms with Gasteiger partial charge in [0, 0.05) is 18.4 Å². The molecule has 2 aliphatic rings. The largest absolute Gasteiger partial charge is 0.391 e. The number of carbonyl (C=O) groups excluding carboxylic acids is 2. The predicted molar refractivity (Wildman–Crippen MR) is 92.0 cm³/mol. The number of ketones is 1. The lowest BCUT2D eigenvalue weighted by atomic mass is 9.85. The molecule has 2 saturated carbocycles. The Morgan fingerprint density at radius 3 is 2.71 bits per heavy atom. The summed E-state index contributed by atoms with van der Waals surface area (Å²) in [5.74, 6) is -0.0825. The van der Waals surface area contributed by atoms with Crippen LogP contribution in [-0.4, -0.2) is 39.4 Å². The Bertz CT molecular complexity index is 543. The van der Waals surface area contributed by atoms with Crippen molar-refractivity contribution in [1.82, 2.24) is 15.3 Å². The van der Waals surface area contributed by atoms with Crippen molar-refractivity contribution < 1.29 is 14.7 Å². The number of halogens is 1. The molecular weight excluding hydrogens is 330 g/mol. The summed E-state index contributed by atoms with van der Waals surface area (Å²) in [5.41, 5.74) is 0.461. The first-order chi connectivity index (χ1) is 11.1. The standard InChI is InChI=1S/C17H25N3O3.ClH/c21-12(6-11-4-2-1-3-5-11)8-19-17(23)14-7-13(14)16(22)15-9-18-10-20-15;/h9-14,21H,1-8H2,(H,18,20)(H,19,23);1H/t12?,13-,14+;/m0./s1. The van der Waals surface area contributed by atoms with Crippen molar-refractivity contribution in [3.63, 3.8) is 0 Å². The summed E-state index contributed by atoms with van der Waals surface area (Å²) in [6.07, 6.45) is 10.0. The average molecular weight is 356 g/mol. The highest BCUT2D eigenvalue weighted by Crippen LogP contribution is 2.40. The lowest BCUT2D eigenvalue weighted by Crippen LogP contribution is -2.35. The van der Waals surface area contributed by atoms with Crippen LogP contribution in [0.2, 0.25) is 0 Å². The molecule has 1 aromatic rings. The number of aromatic nitrogens is 2. The van der Waals surface area contributed by atoms with Crippen LogP contribution in [0, 0.1) is 17.8 Å². The molecule has 1 aromatic heterocycles. The van der Waals surface area contributed by atoms with E-state index in [4.69, 9.17) is 0 Å². The van der Waals surface area contributed by atoms with Crippen LogP contribution < -0.4 is 5.32 Å². The van der Waals surface area contributed by atoms with Gasteiger partial charge in [0.2, 0.25) is 5.91 Å². The van der Waals surface area contributed by atoms with Gasteiger partial charge in [0.05, 0.1) is 18.6 Å². The summed E-state index contributed by atoms with van der Waals surface area (Å²) in [6.45, 7) is 0.288. The quantitative estimate of drug-likeness (QED) is 0.653. The summed E-state index contributed by atoms with van der Waals surface area (Å²) in [5, 5.41) is 12.9. The normalized spacial score (nSPS) is 24.7. The van der Waals surface area contributed by atoms with Gasteiger partial charge in [-0.3, -0.25) is 9.59 Å². The molecule has 7 heteroatoms. The number of nitrogens with zero attached hydrogens (tertiary/aromatic N) is 1. The van der Waals surface area contributed by atoms with Gasteiger partial charge in [-0.1, -0.05) is 32.1 Å². The van der Waals surface area contributed by atoms with Gasteiger partial charge in [-0.15, -0.1) is 12.4 Å². The van der Waals surface area contributed by atoms with E-state index in [1.165, 1.54) is 44.6 Å². The van der Waals surface area contributed by atoms with E-state index < -0.39 is 6.10 Å². The fourth-order valence-corrected chi connectivity index (χ4v) is 3.61. The molecular formula is C17H26ClN3O3. The van der Waals surface area contributed by atoms with Crippen molar-refractivity contribution in [3.05, 3.63) is 18.2 Å². The van der Waals surface area contributed by atoms with Crippen molar-refractivity contribution >= 4 is 24.1 Å². The van der Waals surface area contributed by atoms with Crippen molar-refractivity contribution in [3.8, 4) is 0 Å². The molecule has 1 amide bonds. The Labute approximate surface area is 148 Å². The van der Waals surface area contributed by atoms with Gasteiger partial charge in [-0.05, 0) is 18.8 Å². The van der Waals surface area contributed by atoms with Crippen LogP contribution >= 0.6 is 12.4 Å². The fourth-order valence-electron chi connectivity index (χ4n) is 3.61. The van der Waals surface area contributed by atoms with E-state index in [1.807, 2.05) is 0 Å². The lowest BCUT2D eigenvalue weighted by Gasteiger charge is -2.24. The van der Waals surface area contributed by atoms with Gasteiger partial charge in [-0.25, -0.2) is 4.98 Å². The Morgan fingerprint density at radius 2 is 2.04 bits per heavy atom. The molecule has 24 heavy (non-hydrogen) atoms. The van der Waals surface area contributed by atoms with Crippen molar-refractivity contribution in [2.75, 3.05) is 6.54 Å². The molecule has 1 heterocycles. The number of rotatable bonds is 7. The third-order valence-corrected chi connectivity index (χ3v) is 5.07. The van der Waals surface area contributed by atoms with Crippen LogP contribution in [0.1, 0.15) is 55.4 Å². The summed E-state index contributed by atoms with van der Waals surface area (Å²) in [7, 11) is 0. The first-order valence-corrected chi connectivity index (χ1v) is 8.63. The topological polar surface area (TPSA) is 95.1 Å². The number of nitrogens with one attached hydrogen (secondary N) is 2. The molecule has 3 atom stereocenters. The highest BCUT2D eigenvalue weighted by Gasteiger charge is 2.48. The number of amides is 1. The second-order valence-electron chi connectivity index (χ2n) is 6.92. The minimum Gasteiger partial charge on any atom is -0.391 e. The molecule has 2 aliphatic carbocycles. The third-order valence-electron chi connectivity index (χ3n) is 5.07. The Hall–Kier alpha value is -1.40. The molecule has 134 valence electrons. The van der Waals surface area contributed by atoms with Crippen LogP contribution in [0.3, 0.4) is 0 Å². The molecule has 0 aromatic carbocycles. The van der Waals surface area contributed by atoms with Crippen LogP contribution in [0.5, 0.6) is 0 Å². The molecule has 0 bridgehead atoms. The minimum absolute atomic E-state index is 0. The molecule has 1 unspecified atom stereocenters. The summed E-state index contributed by atoms with van der Waals surface area (Å²) >= 11 is 0. The Balaban J connectivity index is 0.00000208. The maximum atomic E-state index is 12.1. The van der Waals surface area contributed by atoms with Gasteiger partial charge in [-0.2, -0.15) is 0 Å². The minimum atomic E-state index is -0.484. The molecule has 3 rings (SSSR count). The first kappa shape index (κ1) is 18.9. The van der Waals surface area contributed by atoms with E-state index in [-0.39, 0.29) is 42.5 Å². The number of imidazole rings is 1. The number of aliphatic hydroxyl groups excluding tert-OH is 1. The smallest absolute Gasteiger partial charge is 0.223 e. The second kappa shape index (κ2) is 8.62. The average Bonchev–Trinajstić information content (AvgIpc) is 3.17. The summed E-state index contributed by atoms with van der Waals surface area (Å²) < 4.78 is 0. The number of Topliss-reactive ketones (excluding diaryl/α,β-unsaturated/α-hetero) is 1. The maximum Gasteiger partial charge on any atom is 0.223 e. The number of H-pyrrole nitrogens is 1. The first-order valence-electron chi connectivity index (χ1n) is 8.63. The van der Waals surface area contributed by atoms with E-state index in [9.17, 15) is 14.7 Å². The number of hydrogen-bond acceptors (Lipinski definition) is 4. The molecule has 0 spiro atoms. The molecule has 2 fully saturated rings. The summed E-state index contributed by atoms with van der Waals surface area (Å²) in [6, 6.07) is 0. The highest BCUT2D eigenvalue weighted by atomic mass is 35.5. The molecule has 0 saturated heterocycles. The van der Waals surface area contributed by atoms with Crippen LogP contribution in [0.25, 0.3) is 0 Å². The van der Waals surface area contributed by atoms with Crippen LogP contribution in [0.15, 0.2) is 12.5 Å². The van der Waals surface area contributed by atoms with Gasteiger partial charge in [0.15, 0.2) is 5.78 Å². The zero-order valence-electron chi connectivity index (χ0n) is 13.7. The monoisotopic (exact) mass is 355 g/mol. The zero-order valence-corrected chi connectivity index (χ0v) is 14.6. The molecule has 0 radical (unpaired) electrons. The van der Waals surface area contributed by atoms with Crippen molar-refractivity contribution in [2.24, 2.45) is 17.8 Å². The van der Waals surface area contributed by atoms with Gasteiger partial charge in [0.1, 0.15) is 5.69 Å². The van der Waals surface area contributed by atoms with E-state index >= 15 is 0 Å². The Morgan fingerprint density at radius 1 is 1.29 bits per heavy atom. The van der Waals surface area contributed by atoms with E-state index in [1.54, 1.807) is 0 Å². The molecule has 0 aliphatic heterocycles. The van der Waals surface area contributed by atoms with E-state index in [0.29, 0.717) is 18.0 Å². The predicted octanol–water partition coefficient (Wildman–Crippen LogP) is 2.10. The highest BCUT2D eigenvalue weighted by molar-refractivity contribution is 6.02. The maximum absolute atomic E-state index is 12.1. The number of aliphatic hydroxyl groups is 1. The molecule has 6 nitrogen and oxygen atoms in total. The van der Waals surface area contributed by atoms with Gasteiger partial charge >= 0.3 is 0 Å². The van der Waals surface area contributed by atoms with Gasteiger partial charge in [0.25, 0.3) is 0 Å². The number of aromatic amines is 1. The van der Waals surface area contributed by atoms with E-state index in [0.717, 1.165) is 6.42 Å².